The van der Waals surface area contributed by atoms with Crippen molar-refractivity contribution < 1.29 is 9.84 Å². The minimum Gasteiger partial charge on any atom is -0.491 e. The molecule has 0 radical (unpaired) electrons. The van der Waals surface area contributed by atoms with Crippen LogP contribution in [0.5, 0.6) is 5.75 Å². The van der Waals surface area contributed by atoms with Crippen molar-refractivity contribution in [1.82, 2.24) is 0 Å². The zero-order chi connectivity index (χ0) is 9.42. The van der Waals surface area contributed by atoms with E-state index in [0.717, 1.165) is 15.8 Å². The zero-order valence-electron chi connectivity index (χ0n) is 6.90. The van der Waals surface area contributed by atoms with Crippen molar-refractivity contribution in [2.75, 3.05) is 6.61 Å². The van der Waals surface area contributed by atoms with Gasteiger partial charge in [-0.2, -0.15) is 0 Å². The quantitative estimate of drug-likeness (QED) is 0.721. The smallest absolute Gasteiger partial charge is 0.125 e. The molecule has 70 valence electrons. The van der Waals surface area contributed by atoms with Crippen LogP contribution in [-0.4, -0.2) is 17.8 Å². The highest BCUT2D eigenvalue weighted by Gasteiger charge is 2.26. The molecule has 1 aliphatic rings. The van der Waals surface area contributed by atoms with Gasteiger partial charge in [-0.3, -0.25) is 0 Å². The molecular weight excluding hydrogens is 234 g/mol. The van der Waals surface area contributed by atoms with Gasteiger partial charge in [-0.05, 0) is 18.2 Å². The van der Waals surface area contributed by atoms with Gasteiger partial charge in [0.05, 0.1) is 6.04 Å². The van der Waals surface area contributed by atoms with E-state index in [9.17, 15) is 5.11 Å². The molecule has 3 nitrogen and oxygen atoms in total. The second-order valence-corrected chi connectivity index (χ2v) is 4.02. The predicted octanol–water partition coefficient (Wildman–Crippen LogP) is 1.20. The van der Waals surface area contributed by atoms with Crippen molar-refractivity contribution in [2.45, 2.75) is 12.1 Å². The Hall–Kier alpha value is -0.580. The van der Waals surface area contributed by atoms with Crippen molar-refractivity contribution in [3.05, 3.63) is 28.2 Å². The first-order valence-electron chi connectivity index (χ1n) is 4.04. The minimum absolute atomic E-state index is 0.332. The van der Waals surface area contributed by atoms with Crippen molar-refractivity contribution in [2.24, 2.45) is 5.73 Å². The summed E-state index contributed by atoms with van der Waals surface area (Å²) in [6.45, 7) is 0.371. The Kier molecular flexibility index (Phi) is 2.27. The fourth-order valence-corrected chi connectivity index (χ4v) is 1.77. The molecule has 0 aromatic heterocycles. The highest BCUT2D eigenvalue weighted by atomic mass is 79.9. The van der Waals surface area contributed by atoms with E-state index in [1.165, 1.54) is 0 Å². The van der Waals surface area contributed by atoms with Crippen molar-refractivity contribution >= 4 is 15.9 Å². The molecule has 0 bridgehead atoms. The number of nitrogens with two attached hydrogens (primary N) is 1. The molecule has 0 fully saturated rings. The molecule has 0 saturated heterocycles. The Bertz CT molecular complexity index is 329. The normalized spacial score (nSPS) is 26.4. The number of hydrogen-bond donors (Lipinski definition) is 2. The first kappa shape index (κ1) is 8.99. The molecule has 13 heavy (non-hydrogen) atoms. The second-order valence-electron chi connectivity index (χ2n) is 3.10. The fourth-order valence-electron chi connectivity index (χ4n) is 1.39. The van der Waals surface area contributed by atoms with Gasteiger partial charge >= 0.3 is 0 Å². The van der Waals surface area contributed by atoms with E-state index in [0.29, 0.717) is 6.61 Å². The summed E-state index contributed by atoms with van der Waals surface area (Å²) < 4.78 is 6.27. The summed E-state index contributed by atoms with van der Waals surface area (Å²) in [4.78, 5) is 0. The number of aliphatic hydroxyl groups is 1. The molecular formula is C9H10BrNO2. The molecule has 0 amide bonds. The zero-order valence-corrected chi connectivity index (χ0v) is 8.49. The van der Waals surface area contributed by atoms with Gasteiger partial charge in [0.2, 0.25) is 0 Å². The van der Waals surface area contributed by atoms with Crippen LogP contribution >= 0.6 is 15.9 Å². The van der Waals surface area contributed by atoms with Crippen LogP contribution in [0, 0.1) is 0 Å². The number of fused-ring (bicyclic) bond motifs is 1. The Labute approximate surface area is 84.6 Å². The third-order valence-electron chi connectivity index (χ3n) is 2.13. The van der Waals surface area contributed by atoms with Crippen molar-refractivity contribution in [3.63, 3.8) is 0 Å². The lowest BCUT2D eigenvalue weighted by Crippen LogP contribution is -2.38. The van der Waals surface area contributed by atoms with Crippen LogP contribution < -0.4 is 10.5 Å². The number of hydrogen-bond acceptors (Lipinski definition) is 3. The Morgan fingerprint density at radius 2 is 2.31 bits per heavy atom. The Morgan fingerprint density at radius 3 is 3.08 bits per heavy atom. The third kappa shape index (κ3) is 1.57. The number of halogens is 1. The van der Waals surface area contributed by atoms with E-state index < -0.39 is 6.10 Å². The molecule has 0 unspecified atom stereocenters. The van der Waals surface area contributed by atoms with E-state index in [2.05, 4.69) is 15.9 Å². The molecule has 1 heterocycles. The fraction of sp³-hybridized carbons (Fsp3) is 0.333. The van der Waals surface area contributed by atoms with Gasteiger partial charge in [-0.1, -0.05) is 15.9 Å². The van der Waals surface area contributed by atoms with Gasteiger partial charge in [-0.25, -0.2) is 0 Å². The van der Waals surface area contributed by atoms with Crippen LogP contribution in [0.15, 0.2) is 22.7 Å². The number of rotatable bonds is 0. The first-order chi connectivity index (χ1) is 6.18. The SMILES string of the molecule is N[C@H]1COc2ccc(Br)cc2[C@@H]1O. The van der Waals surface area contributed by atoms with Crippen molar-refractivity contribution in [1.29, 1.82) is 0 Å². The van der Waals surface area contributed by atoms with Gasteiger partial charge in [0.15, 0.2) is 0 Å². The van der Waals surface area contributed by atoms with E-state index in [1.807, 2.05) is 18.2 Å². The summed E-state index contributed by atoms with van der Waals surface area (Å²) >= 11 is 3.33. The maximum atomic E-state index is 9.73. The van der Waals surface area contributed by atoms with Crippen LogP contribution in [-0.2, 0) is 0 Å². The van der Waals surface area contributed by atoms with Crippen LogP contribution in [0.3, 0.4) is 0 Å². The van der Waals surface area contributed by atoms with Crippen LogP contribution in [0.25, 0.3) is 0 Å². The van der Waals surface area contributed by atoms with Crippen LogP contribution in [0.4, 0.5) is 0 Å². The molecule has 0 aliphatic carbocycles. The molecule has 3 N–H and O–H groups in total. The first-order valence-corrected chi connectivity index (χ1v) is 4.83. The third-order valence-corrected chi connectivity index (χ3v) is 2.62. The van der Waals surface area contributed by atoms with E-state index in [-0.39, 0.29) is 6.04 Å². The lowest BCUT2D eigenvalue weighted by Gasteiger charge is -2.27. The molecule has 1 aliphatic heterocycles. The molecule has 0 spiro atoms. The summed E-state index contributed by atoms with van der Waals surface area (Å²) in [6, 6.07) is 5.21. The summed E-state index contributed by atoms with van der Waals surface area (Å²) in [6.07, 6.45) is -0.624. The van der Waals surface area contributed by atoms with E-state index in [4.69, 9.17) is 10.5 Å². The maximum Gasteiger partial charge on any atom is 0.125 e. The number of aliphatic hydroxyl groups excluding tert-OH is 1. The van der Waals surface area contributed by atoms with Crippen LogP contribution in [0.2, 0.25) is 0 Å². The van der Waals surface area contributed by atoms with E-state index in [1.54, 1.807) is 0 Å². The Balaban J connectivity index is 2.45. The Morgan fingerprint density at radius 1 is 1.54 bits per heavy atom. The largest absolute Gasteiger partial charge is 0.491 e. The average molecular weight is 244 g/mol. The molecule has 2 atom stereocenters. The van der Waals surface area contributed by atoms with Gasteiger partial charge in [0, 0.05) is 10.0 Å². The predicted molar refractivity (Wildman–Crippen MR) is 52.6 cm³/mol. The van der Waals surface area contributed by atoms with E-state index >= 15 is 0 Å². The van der Waals surface area contributed by atoms with Crippen LogP contribution in [0.1, 0.15) is 11.7 Å². The monoisotopic (exact) mass is 243 g/mol. The van der Waals surface area contributed by atoms with Gasteiger partial charge in [-0.15, -0.1) is 0 Å². The van der Waals surface area contributed by atoms with Crippen molar-refractivity contribution in [3.8, 4) is 5.75 Å². The molecule has 2 rings (SSSR count). The lowest BCUT2D eigenvalue weighted by molar-refractivity contribution is 0.0915. The minimum atomic E-state index is -0.624. The molecule has 1 aromatic rings. The summed E-state index contributed by atoms with van der Waals surface area (Å²) in [5.74, 6) is 0.720. The average Bonchev–Trinajstić information content (AvgIpc) is 2.12. The highest BCUT2D eigenvalue weighted by Crippen LogP contribution is 2.33. The standard InChI is InChI=1S/C9H10BrNO2/c10-5-1-2-8-6(3-5)9(12)7(11)4-13-8/h1-3,7,9,12H,4,11H2/t7-,9-/m0/s1. The lowest BCUT2D eigenvalue weighted by atomic mass is 10.0. The summed E-state index contributed by atoms with van der Waals surface area (Å²) in [5, 5.41) is 9.73. The maximum absolute atomic E-state index is 9.73. The number of ether oxygens (including phenoxy) is 1. The topological polar surface area (TPSA) is 55.5 Å². The molecule has 4 heteroatoms. The van der Waals surface area contributed by atoms with Gasteiger partial charge in [0.25, 0.3) is 0 Å². The van der Waals surface area contributed by atoms with Gasteiger partial charge < -0.3 is 15.6 Å². The second kappa shape index (κ2) is 3.29. The molecule has 0 saturated carbocycles. The van der Waals surface area contributed by atoms with Gasteiger partial charge in [0.1, 0.15) is 18.5 Å². The number of benzene rings is 1. The highest BCUT2D eigenvalue weighted by molar-refractivity contribution is 9.10. The summed E-state index contributed by atoms with van der Waals surface area (Å²) in [5.41, 5.74) is 6.41. The summed E-state index contributed by atoms with van der Waals surface area (Å²) in [7, 11) is 0. The molecule has 1 aromatic carbocycles.